The molecule has 2 amide bonds. The molecule has 11 heteroatoms. The number of amides is 2. The van der Waals surface area contributed by atoms with Gasteiger partial charge in [0.05, 0.1) is 4.92 Å². The summed E-state index contributed by atoms with van der Waals surface area (Å²) < 4.78 is 23.4. The third kappa shape index (κ3) is 6.86. The first-order valence-electron chi connectivity index (χ1n) is 8.65. The second-order valence-electron chi connectivity index (χ2n) is 5.92. The molecule has 0 aliphatic rings. The average Bonchev–Trinajstić information content (AvgIpc) is 2.72. The number of esters is 1. The van der Waals surface area contributed by atoms with Gasteiger partial charge in [0, 0.05) is 11.8 Å². The van der Waals surface area contributed by atoms with Crippen molar-refractivity contribution in [3.05, 3.63) is 64.5 Å². The number of hydrogen-bond donors (Lipinski definition) is 2. The molecule has 1 unspecified atom stereocenters. The zero-order valence-electron chi connectivity index (χ0n) is 15.8. The van der Waals surface area contributed by atoms with E-state index in [9.17, 15) is 28.9 Å². The molecule has 0 fully saturated rings. The second-order valence-corrected chi connectivity index (χ2v) is 5.92. The van der Waals surface area contributed by atoms with E-state index in [4.69, 9.17) is 9.47 Å². The van der Waals surface area contributed by atoms with Crippen molar-refractivity contribution in [1.82, 2.24) is 5.32 Å². The highest BCUT2D eigenvalue weighted by molar-refractivity contribution is 5.95. The zero-order valence-corrected chi connectivity index (χ0v) is 15.8. The third-order valence-electron chi connectivity index (χ3n) is 3.63. The first kappa shape index (κ1) is 22.3. The normalized spacial score (nSPS) is 11.1. The van der Waals surface area contributed by atoms with E-state index in [1.165, 1.54) is 6.92 Å². The molecule has 0 heterocycles. The fraction of sp³-hybridized carbons (Fsp3) is 0.211. The lowest BCUT2D eigenvalue weighted by Crippen LogP contribution is -2.37. The van der Waals surface area contributed by atoms with E-state index in [-0.39, 0.29) is 12.3 Å². The lowest BCUT2D eigenvalue weighted by atomic mass is 10.2. The Hall–Kier alpha value is -4.02. The van der Waals surface area contributed by atoms with Crippen LogP contribution in [0.4, 0.5) is 15.8 Å². The number of rotatable bonds is 9. The van der Waals surface area contributed by atoms with E-state index in [2.05, 4.69) is 10.6 Å². The predicted octanol–water partition coefficient (Wildman–Crippen LogP) is 1.80. The van der Waals surface area contributed by atoms with E-state index in [0.29, 0.717) is 5.75 Å². The Morgan fingerprint density at radius 2 is 1.87 bits per heavy atom. The molecule has 0 spiro atoms. The highest BCUT2D eigenvalue weighted by Gasteiger charge is 2.20. The van der Waals surface area contributed by atoms with Crippen LogP contribution in [0.3, 0.4) is 0 Å². The number of nitro groups is 1. The highest BCUT2D eigenvalue weighted by atomic mass is 19.1. The Morgan fingerprint density at radius 3 is 2.53 bits per heavy atom. The molecule has 2 rings (SSSR count). The van der Waals surface area contributed by atoms with E-state index >= 15 is 0 Å². The molecular weight excluding hydrogens is 401 g/mol. The van der Waals surface area contributed by atoms with Gasteiger partial charge >= 0.3 is 11.7 Å². The summed E-state index contributed by atoms with van der Waals surface area (Å²) in [7, 11) is 0. The molecular formula is C19H18FN3O7. The molecule has 2 aromatic carbocycles. The number of hydrogen-bond acceptors (Lipinski definition) is 7. The van der Waals surface area contributed by atoms with Gasteiger partial charge in [0.1, 0.15) is 12.3 Å². The van der Waals surface area contributed by atoms with E-state index in [1.807, 2.05) is 0 Å². The quantitative estimate of drug-likeness (QED) is 0.359. The second kappa shape index (κ2) is 10.5. The molecule has 0 aromatic heterocycles. The van der Waals surface area contributed by atoms with Crippen LogP contribution < -0.4 is 15.4 Å². The van der Waals surface area contributed by atoms with Gasteiger partial charge in [0.25, 0.3) is 11.8 Å². The monoisotopic (exact) mass is 419 g/mol. The van der Waals surface area contributed by atoms with Crippen molar-refractivity contribution in [3.63, 3.8) is 0 Å². The van der Waals surface area contributed by atoms with Crippen LogP contribution in [0.25, 0.3) is 0 Å². The number of benzene rings is 2. The lowest BCUT2D eigenvalue weighted by Gasteiger charge is -2.14. The predicted molar refractivity (Wildman–Crippen MR) is 102 cm³/mol. The number of ether oxygens (including phenoxy) is 2. The maximum absolute atomic E-state index is 13.3. The summed E-state index contributed by atoms with van der Waals surface area (Å²) in [5.41, 5.74) is -0.847. The van der Waals surface area contributed by atoms with Gasteiger partial charge in [0.2, 0.25) is 5.82 Å². The smallest absolute Gasteiger partial charge is 0.326 e. The van der Waals surface area contributed by atoms with Gasteiger partial charge in [-0.3, -0.25) is 24.5 Å². The SMILES string of the molecule is CC(OC(=O)CNC(=O)COc1ccccc1)C(=O)Nc1ccc(F)c([N+](=O)[O-])c1. The largest absolute Gasteiger partial charge is 0.484 e. The summed E-state index contributed by atoms with van der Waals surface area (Å²) in [6.07, 6.45) is -1.26. The molecule has 158 valence electrons. The molecule has 0 aliphatic carbocycles. The van der Waals surface area contributed by atoms with Gasteiger partial charge in [-0.25, -0.2) is 0 Å². The Kier molecular flexibility index (Phi) is 7.80. The molecule has 10 nitrogen and oxygen atoms in total. The summed E-state index contributed by atoms with van der Waals surface area (Å²) >= 11 is 0. The number of nitro benzene ring substituents is 1. The van der Waals surface area contributed by atoms with Crippen LogP contribution in [-0.2, 0) is 19.1 Å². The van der Waals surface area contributed by atoms with Gasteiger partial charge in [-0.15, -0.1) is 0 Å². The fourth-order valence-electron chi connectivity index (χ4n) is 2.15. The van der Waals surface area contributed by atoms with Crippen LogP contribution in [0, 0.1) is 15.9 Å². The fourth-order valence-corrected chi connectivity index (χ4v) is 2.15. The van der Waals surface area contributed by atoms with E-state index in [0.717, 1.165) is 18.2 Å². The van der Waals surface area contributed by atoms with Gasteiger partial charge < -0.3 is 20.1 Å². The summed E-state index contributed by atoms with van der Waals surface area (Å²) in [4.78, 5) is 45.3. The summed E-state index contributed by atoms with van der Waals surface area (Å²) in [6, 6.07) is 11.4. The molecule has 1 atom stereocenters. The molecule has 0 aliphatic heterocycles. The minimum Gasteiger partial charge on any atom is -0.484 e. The summed E-state index contributed by atoms with van der Waals surface area (Å²) in [5, 5.41) is 15.3. The highest BCUT2D eigenvalue weighted by Crippen LogP contribution is 2.21. The van der Waals surface area contributed by atoms with Crippen LogP contribution in [0.15, 0.2) is 48.5 Å². The molecule has 0 saturated heterocycles. The average molecular weight is 419 g/mol. The Balaban J connectivity index is 1.76. The van der Waals surface area contributed by atoms with Crippen molar-refractivity contribution in [2.45, 2.75) is 13.0 Å². The van der Waals surface area contributed by atoms with Crippen molar-refractivity contribution in [1.29, 1.82) is 0 Å². The minimum atomic E-state index is -1.26. The van der Waals surface area contributed by atoms with Crippen LogP contribution >= 0.6 is 0 Å². The maximum Gasteiger partial charge on any atom is 0.326 e. The van der Waals surface area contributed by atoms with Crippen molar-refractivity contribution < 1.29 is 33.2 Å². The molecule has 0 bridgehead atoms. The first-order chi connectivity index (χ1) is 14.3. The summed E-state index contributed by atoms with van der Waals surface area (Å²) in [6.45, 7) is 0.471. The van der Waals surface area contributed by atoms with Gasteiger partial charge in [-0.1, -0.05) is 18.2 Å². The Bertz CT molecular complexity index is 937. The minimum absolute atomic E-state index is 0.0395. The molecule has 2 aromatic rings. The molecule has 0 saturated carbocycles. The molecule has 2 N–H and O–H groups in total. The Labute approximate surface area is 170 Å². The van der Waals surface area contributed by atoms with E-state index < -0.39 is 46.9 Å². The van der Waals surface area contributed by atoms with Crippen molar-refractivity contribution >= 4 is 29.2 Å². The summed E-state index contributed by atoms with van der Waals surface area (Å²) in [5.74, 6) is -2.80. The number of nitrogens with one attached hydrogen (secondary N) is 2. The van der Waals surface area contributed by atoms with Crippen LogP contribution in [0.1, 0.15) is 6.92 Å². The number of para-hydroxylation sites is 1. The van der Waals surface area contributed by atoms with Crippen molar-refractivity contribution in [3.8, 4) is 5.75 Å². The topological polar surface area (TPSA) is 137 Å². The van der Waals surface area contributed by atoms with Crippen LogP contribution in [0.5, 0.6) is 5.75 Å². The van der Waals surface area contributed by atoms with Crippen molar-refractivity contribution in [2.75, 3.05) is 18.5 Å². The number of anilines is 1. The number of carbonyl (C=O) groups excluding carboxylic acids is 3. The maximum atomic E-state index is 13.3. The third-order valence-corrected chi connectivity index (χ3v) is 3.63. The number of nitrogens with zero attached hydrogens (tertiary/aromatic N) is 1. The van der Waals surface area contributed by atoms with E-state index in [1.54, 1.807) is 30.3 Å². The lowest BCUT2D eigenvalue weighted by molar-refractivity contribution is -0.387. The number of halogens is 1. The van der Waals surface area contributed by atoms with Gasteiger partial charge in [-0.05, 0) is 31.2 Å². The van der Waals surface area contributed by atoms with Crippen molar-refractivity contribution in [2.24, 2.45) is 0 Å². The number of carbonyl (C=O) groups is 3. The molecule has 0 radical (unpaired) electrons. The van der Waals surface area contributed by atoms with Crippen LogP contribution in [-0.4, -0.2) is 42.0 Å². The Morgan fingerprint density at radius 1 is 1.17 bits per heavy atom. The van der Waals surface area contributed by atoms with Gasteiger partial charge in [-0.2, -0.15) is 4.39 Å². The standard InChI is InChI=1S/C19H18FN3O7/c1-12(19(26)22-13-7-8-15(20)16(9-13)23(27)28)30-18(25)10-21-17(24)11-29-14-5-3-2-4-6-14/h2-9,12H,10-11H2,1H3,(H,21,24)(H,22,26). The first-order valence-corrected chi connectivity index (χ1v) is 8.65. The van der Waals surface area contributed by atoms with Gasteiger partial charge in [0.15, 0.2) is 12.7 Å². The zero-order chi connectivity index (χ0) is 22.1. The molecule has 30 heavy (non-hydrogen) atoms. The van der Waals surface area contributed by atoms with Crippen LogP contribution in [0.2, 0.25) is 0 Å².